The van der Waals surface area contributed by atoms with E-state index in [1.807, 2.05) is 152 Å². The van der Waals surface area contributed by atoms with Crippen LogP contribution >= 0.6 is 0 Å². The number of hydrogen-bond donors (Lipinski definition) is 2. The van der Waals surface area contributed by atoms with Gasteiger partial charge in [0.05, 0.1) is 39.6 Å². The van der Waals surface area contributed by atoms with E-state index in [1.165, 1.54) is 6.92 Å². The fourth-order valence-corrected chi connectivity index (χ4v) is 7.87. The quantitative estimate of drug-likeness (QED) is 0.108. The molecule has 12 nitrogen and oxygen atoms in total. The summed E-state index contributed by atoms with van der Waals surface area (Å²) >= 11 is 0. The fraction of sp³-hybridized carbons (Fsp3) is 0.367. The molecule has 11 atom stereocenters. The maximum absolute atomic E-state index is 13.0. The summed E-state index contributed by atoms with van der Waals surface area (Å²) in [5, 5.41) is 15.3. The molecular formula is C49H53NO11. The van der Waals surface area contributed by atoms with Gasteiger partial charge in [-0.25, -0.2) is 0 Å². The van der Waals surface area contributed by atoms with E-state index >= 15 is 0 Å². The average Bonchev–Trinajstić information content (AvgIpc) is 3.30. The monoisotopic (exact) mass is 831 g/mol. The van der Waals surface area contributed by atoms with Crippen LogP contribution < -0.4 is 5.32 Å². The number of rotatable bonds is 17. The van der Waals surface area contributed by atoms with Gasteiger partial charge in [0.15, 0.2) is 18.9 Å². The number of aliphatic hydroxyl groups excluding tert-OH is 1. The topological polar surface area (TPSA) is 132 Å². The minimum Gasteiger partial charge on any atom is -0.387 e. The third-order valence-electron chi connectivity index (χ3n) is 10.9. The van der Waals surface area contributed by atoms with E-state index in [0.29, 0.717) is 6.61 Å². The highest BCUT2D eigenvalue weighted by atomic mass is 16.8. The van der Waals surface area contributed by atoms with E-state index in [1.54, 1.807) is 0 Å². The molecule has 1 amide bonds. The number of aliphatic hydroxyl groups is 1. The lowest BCUT2D eigenvalue weighted by atomic mass is 9.94. The molecule has 0 bridgehead atoms. The smallest absolute Gasteiger partial charge is 0.217 e. The van der Waals surface area contributed by atoms with Gasteiger partial charge in [0, 0.05) is 12.5 Å². The summed E-state index contributed by atoms with van der Waals surface area (Å²) in [5.74, 6) is -0.312. The number of hydrogen-bond acceptors (Lipinski definition) is 11. The highest BCUT2D eigenvalue weighted by Gasteiger charge is 2.55. The SMILES string of the molecule is CC(=O)N[C@H]1[C@@H](OCc2ccccc2)O[C@H](COCc2ccccc2)[C@@H](O[C@@H]2O[C@@H]3COC(c4ccccc4)O[C@@H]3[C@H](O)[C@H]2OCc2ccccc2)[C@@H]1OCc1ccccc1. The average molecular weight is 832 g/mol. The van der Waals surface area contributed by atoms with E-state index in [4.69, 9.17) is 42.6 Å². The molecule has 3 heterocycles. The first-order valence-electron chi connectivity index (χ1n) is 20.8. The number of amides is 1. The molecule has 0 aliphatic carbocycles. The number of fused-ring (bicyclic) bond motifs is 1. The molecule has 0 spiro atoms. The third kappa shape index (κ3) is 11.4. The van der Waals surface area contributed by atoms with E-state index in [2.05, 4.69) is 5.32 Å². The van der Waals surface area contributed by atoms with Crippen molar-refractivity contribution >= 4 is 5.91 Å². The Morgan fingerprint density at radius 3 is 1.67 bits per heavy atom. The summed E-state index contributed by atoms with van der Waals surface area (Å²) in [6.45, 7) is 2.46. The summed E-state index contributed by atoms with van der Waals surface area (Å²) in [6.07, 6.45) is -9.26. The second-order valence-electron chi connectivity index (χ2n) is 15.4. The lowest BCUT2D eigenvalue weighted by Crippen LogP contribution is -2.68. The molecule has 12 heteroatoms. The number of carbonyl (C=O) groups excluding carboxylic acids is 1. The molecule has 5 aromatic rings. The van der Waals surface area contributed by atoms with Gasteiger partial charge in [0.1, 0.15) is 48.8 Å². The Kier molecular flexibility index (Phi) is 15.0. The molecule has 61 heavy (non-hydrogen) atoms. The van der Waals surface area contributed by atoms with Gasteiger partial charge in [-0.1, -0.05) is 152 Å². The number of nitrogens with one attached hydrogen (secondary N) is 1. The summed E-state index contributed by atoms with van der Waals surface area (Å²) < 4.78 is 59.3. The van der Waals surface area contributed by atoms with Crippen LogP contribution in [0.3, 0.4) is 0 Å². The summed E-state index contributed by atoms with van der Waals surface area (Å²) in [4.78, 5) is 13.0. The Balaban J connectivity index is 1.12. The van der Waals surface area contributed by atoms with Crippen molar-refractivity contribution in [2.75, 3.05) is 13.2 Å². The van der Waals surface area contributed by atoms with Gasteiger partial charge in [-0.05, 0) is 22.3 Å². The Hall–Kier alpha value is -4.83. The normalized spacial score (nSPS) is 28.7. The van der Waals surface area contributed by atoms with E-state index in [0.717, 1.165) is 27.8 Å². The van der Waals surface area contributed by atoms with Crippen LogP contribution in [0.15, 0.2) is 152 Å². The first-order valence-corrected chi connectivity index (χ1v) is 20.8. The zero-order valence-corrected chi connectivity index (χ0v) is 34.1. The Morgan fingerprint density at radius 2 is 1.11 bits per heavy atom. The standard InChI is InChI=1S/C49H53NO11/c1-33(51)50-41-45(54-28-35-19-9-3-10-20-35)44(39(31-53-27-34-17-7-2-8-18-34)58-48(41)56-30-37-23-13-5-14-24-37)61-49-46(55-29-36-21-11-4-12-22-36)42(52)43-40(59-49)32-57-47(60-43)38-25-15-6-16-26-38/h2-26,39-49,52H,27-32H2,1H3,(H,50,51)/t39-,40-,41-,42+,43+,44-,45-,46-,47?,48+,49+/m1/s1. The summed E-state index contributed by atoms with van der Waals surface area (Å²) in [6, 6.07) is 47.7. The van der Waals surface area contributed by atoms with Crippen LogP contribution in [-0.2, 0) is 73.9 Å². The molecule has 0 aromatic heterocycles. The van der Waals surface area contributed by atoms with Gasteiger partial charge in [0.2, 0.25) is 5.91 Å². The van der Waals surface area contributed by atoms with Crippen molar-refractivity contribution in [3.8, 4) is 0 Å². The summed E-state index contributed by atoms with van der Waals surface area (Å²) in [7, 11) is 0. The fourth-order valence-electron chi connectivity index (χ4n) is 7.87. The predicted octanol–water partition coefficient (Wildman–Crippen LogP) is 6.41. The first kappa shape index (κ1) is 42.8. The largest absolute Gasteiger partial charge is 0.387 e. The minimum absolute atomic E-state index is 0.0601. The molecule has 3 aliphatic heterocycles. The molecule has 0 radical (unpaired) electrons. The summed E-state index contributed by atoms with van der Waals surface area (Å²) in [5.41, 5.74) is 4.53. The number of carbonyl (C=O) groups is 1. The zero-order valence-electron chi connectivity index (χ0n) is 34.1. The van der Waals surface area contributed by atoms with Crippen LogP contribution in [0.25, 0.3) is 0 Å². The first-order chi connectivity index (χ1) is 30.0. The Morgan fingerprint density at radius 1 is 0.607 bits per heavy atom. The van der Waals surface area contributed by atoms with Crippen molar-refractivity contribution in [2.24, 2.45) is 0 Å². The Bertz CT molecular complexity index is 2050. The Labute approximate surface area is 356 Å². The molecule has 0 saturated carbocycles. The number of ether oxygens (including phenoxy) is 9. The molecule has 5 aromatic carbocycles. The van der Waals surface area contributed by atoms with Crippen molar-refractivity contribution in [3.63, 3.8) is 0 Å². The maximum Gasteiger partial charge on any atom is 0.217 e. The zero-order chi connectivity index (χ0) is 41.8. The second kappa shape index (κ2) is 21.3. The van der Waals surface area contributed by atoms with E-state index in [9.17, 15) is 9.90 Å². The maximum atomic E-state index is 13.0. The van der Waals surface area contributed by atoms with Crippen molar-refractivity contribution in [2.45, 2.75) is 101 Å². The van der Waals surface area contributed by atoms with Crippen LogP contribution in [0, 0.1) is 0 Å². The van der Waals surface area contributed by atoms with E-state index < -0.39 is 67.6 Å². The van der Waals surface area contributed by atoms with Crippen molar-refractivity contribution < 1.29 is 52.5 Å². The highest BCUT2D eigenvalue weighted by Crippen LogP contribution is 2.38. The molecule has 8 rings (SSSR count). The van der Waals surface area contributed by atoms with Gasteiger partial charge >= 0.3 is 0 Å². The lowest BCUT2D eigenvalue weighted by molar-refractivity contribution is -0.388. The van der Waals surface area contributed by atoms with Gasteiger partial charge in [-0.3, -0.25) is 4.79 Å². The molecular weight excluding hydrogens is 779 g/mol. The van der Waals surface area contributed by atoms with Crippen LogP contribution in [0.2, 0.25) is 0 Å². The van der Waals surface area contributed by atoms with Crippen LogP contribution in [0.1, 0.15) is 41.0 Å². The van der Waals surface area contributed by atoms with Gasteiger partial charge < -0.3 is 53.1 Å². The lowest BCUT2D eigenvalue weighted by Gasteiger charge is -2.51. The van der Waals surface area contributed by atoms with Gasteiger partial charge in [-0.15, -0.1) is 0 Å². The van der Waals surface area contributed by atoms with Crippen LogP contribution in [0.4, 0.5) is 0 Å². The minimum atomic E-state index is -1.20. The molecule has 1 unspecified atom stereocenters. The molecule has 2 N–H and O–H groups in total. The van der Waals surface area contributed by atoms with Crippen LogP contribution in [-0.4, -0.2) is 85.6 Å². The van der Waals surface area contributed by atoms with Gasteiger partial charge in [0.25, 0.3) is 0 Å². The van der Waals surface area contributed by atoms with Crippen molar-refractivity contribution in [1.29, 1.82) is 0 Å². The van der Waals surface area contributed by atoms with Crippen LogP contribution in [0.5, 0.6) is 0 Å². The van der Waals surface area contributed by atoms with E-state index in [-0.39, 0.29) is 38.9 Å². The second-order valence-corrected chi connectivity index (χ2v) is 15.4. The van der Waals surface area contributed by atoms with Crippen molar-refractivity contribution in [3.05, 3.63) is 179 Å². The van der Waals surface area contributed by atoms with Gasteiger partial charge in [-0.2, -0.15) is 0 Å². The van der Waals surface area contributed by atoms with Crippen molar-refractivity contribution in [1.82, 2.24) is 5.32 Å². The molecule has 320 valence electrons. The number of benzene rings is 5. The molecule has 3 saturated heterocycles. The third-order valence-corrected chi connectivity index (χ3v) is 10.9. The molecule has 3 fully saturated rings. The molecule has 3 aliphatic rings. The predicted molar refractivity (Wildman–Crippen MR) is 223 cm³/mol. The highest BCUT2D eigenvalue weighted by molar-refractivity contribution is 5.73.